The number of fused-ring (bicyclic) bond motifs is 7. The van der Waals surface area contributed by atoms with Crippen LogP contribution in [0.2, 0.25) is 0 Å². The fourth-order valence-corrected chi connectivity index (χ4v) is 11.1. The summed E-state index contributed by atoms with van der Waals surface area (Å²) in [5.41, 5.74) is 0.735. The molecule has 0 heterocycles. The Morgan fingerprint density at radius 3 is 2.20 bits per heavy atom. The predicted molar refractivity (Wildman–Crippen MR) is 138 cm³/mol. The number of esters is 1. The molecule has 0 aromatic heterocycles. The third kappa shape index (κ3) is 3.14. The first-order chi connectivity index (χ1) is 16.1. The summed E-state index contributed by atoms with van der Waals surface area (Å²) in [6, 6.07) is 0. The summed E-state index contributed by atoms with van der Waals surface area (Å²) in [6.07, 6.45) is 10.3. The molecule has 5 rings (SSSR count). The normalized spacial score (nSPS) is 52.2. The van der Waals surface area contributed by atoms with Crippen LogP contribution in [0.25, 0.3) is 0 Å². The molecule has 5 aliphatic carbocycles. The van der Waals surface area contributed by atoms with Gasteiger partial charge in [0.15, 0.2) is 0 Å². The van der Waals surface area contributed by atoms with Crippen molar-refractivity contribution >= 4 is 5.97 Å². The molecule has 0 bridgehead atoms. The minimum absolute atomic E-state index is 0.0103. The molecule has 198 valence electrons. The Labute approximate surface area is 213 Å². The number of carbonyl (C=O) groups is 1. The summed E-state index contributed by atoms with van der Waals surface area (Å²) in [4.78, 5) is 13.3. The second-order valence-electron chi connectivity index (χ2n) is 15.3. The number of ether oxygens (including phenoxy) is 1. The summed E-state index contributed by atoms with van der Waals surface area (Å²) < 4.78 is 5.46. The van der Waals surface area contributed by atoms with Crippen LogP contribution in [0.5, 0.6) is 0 Å². The second-order valence-corrected chi connectivity index (χ2v) is 15.3. The van der Waals surface area contributed by atoms with E-state index in [1.165, 1.54) is 5.57 Å². The molecule has 35 heavy (non-hydrogen) atoms. The number of allylic oxidation sites excluding steroid dienone is 1. The molecule has 0 saturated heterocycles. The molecular weight excluding hydrogens is 436 g/mol. The van der Waals surface area contributed by atoms with E-state index in [1.54, 1.807) is 7.11 Å². The molecule has 0 spiro atoms. The first-order valence-corrected chi connectivity index (χ1v) is 14.3. The van der Waals surface area contributed by atoms with Crippen LogP contribution >= 0.6 is 0 Å². The van der Waals surface area contributed by atoms with Crippen molar-refractivity contribution in [3.05, 3.63) is 11.6 Å². The maximum Gasteiger partial charge on any atom is 0.315 e. The number of rotatable bonds is 1. The zero-order valence-corrected chi connectivity index (χ0v) is 23.5. The Bertz CT molecular complexity index is 934. The molecule has 4 nitrogen and oxygen atoms in total. The second kappa shape index (κ2) is 7.59. The number of aliphatic hydroxyl groups excluding tert-OH is 2. The molecule has 0 radical (unpaired) electrons. The highest BCUT2D eigenvalue weighted by molar-refractivity contribution is 5.81. The van der Waals surface area contributed by atoms with Gasteiger partial charge in [-0.3, -0.25) is 4.79 Å². The molecule has 0 aromatic carbocycles. The van der Waals surface area contributed by atoms with Gasteiger partial charge in [-0.15, -0.1) is 0 Å². The average Bonchev–Trinajstić information content (AvgIpc) is 2.76. The number of hydrogen-bond acceptors (Lipinski definition) is 4. The highest BCUT2D eigenvalue weighted by Gasteiger charge is 2.71. The van der Waals surface area contributed by atoms with Crippen molar-refractivity contribution in [3.63, 3.8) is 0 Å². The van der Waals surface area contributed by atoms with Gasteiger partial charge in [-0.1, -0.05) is 60.1 Å². The van der Waals surface area contributed by atoms with Crippen molar-refractivity contribution in [3.8, 4) is 0 Å². The van der Waals surface area contributed by atoms with E-state index >= 15 is 0 Å². The van der Waals surface area contributed by atoms with Crippen LogP contribution in [-0.2, 0) is 9.53 Å². The molecule has 5 aliphatic rings. The van der Waals surface area contributed by atoms with Crippen molar-refractivity contribution in [2.75, 3.05) is 7.11 Å². The predicted octanol–water partition coefficient (Wildman–Crippen LogP) is 6.29. The lowest BCUT2D eigenvalue weighted by atomic mass is 9.32. The first-order valence-electron chi connectivity index (χ1n) is 14.3. The molecule has 0 amide bonds. The van der Waals surface area contributed by atoms with Crippen molar-refractivity contribution in [1.82, 2.24) is 0 Å². The molecular formula is C31H50O4. The standard InChI is InChI=1S/C31H50O4/c1-26(2)13-15-31(25(34)35-8)16-14-29(6)19(20(31)17-26)9-10-22-28(5)12-11-23(33)27(3,4)24(28)21(32)18-30(22,29)7/h17,19,21-24,32-33H,9-16,18H2,1-8H3/t19-,21-,22-,23+,24-,28-,29-,30-,31+/m1/s1. The lowest BCUT2D eigenvalue weighted by Gasteiger charge is -2.73. The van der Waals surface area contributed by atoms with Crippen LogP contribution < -0.4 is 0 Å². The van der Waals surface area contributed by atoms with Crippen LogP contribution in [0.3, 0.4) is 0 Å². The van der Waals surface area contributed by atoms with Crippen LogP contribution in [0.1, 0.15) is 106 Å². The van der Waals surface area contributed by atoms with Gasteiger partial charge in [0.2, 0.25) is 0 Å². The Morgan fingerprint density at radius 1 is 0.886 bits per heavy atom. The quantitative estimate of drug-likeness (QED) is 0.337. The first kappa shape index (κ1) is 25.8. The van der Waals surface area contributed by atoms with Gasteiger partial charge in [0.1, 0.15) is 0 Å². The molecule has 4 heteroatoms. The molecule has 4 fully saturated rings. The summed E-state index contributed by atoms with van der Waals surface area (Å²) in [5, 5.41) is 22.8. The lowest BCUT2D eigenvalue weighted by molar-refractivity contribution is -0.262. The fraction of sp³-hybridized carbons (Fsp3) is 0.903. The van der Waals surface area contributed by atoms with Gasteiger partial charge in [0, 0.05) is 0 Å². The minimum Gasteiger partial charge on any atom is -0.468 e. The summed E-state index contributed by atoms with van der Waals surface area (Å²) >= 11 is 0. The van der Waals surface area contributed by atoms with Gasteiger partial charge in [-0.05, 0) is 103 Å². The monoisotopic (exact) mass is 486 g/mol. The van der Waals surface area contributed by atoms with Crippen molar-refractivity contribution < 1.29 is 19.7 Å². The zero-order valence-electron chi connectivity index (χ0n) is 23.5. The van der Waals surface area contributed by atoms with E-state index in [2.05, 4.69) is 54.5 Å². The Kier molecular flexibility index (Phi) is 5.59. The summed E-state index contributed by atoms with van der Waals surface area (Å²) in [7, 11) is 1.55. The summed E-state index contributed by atoms with van der Waals surface area (Å²) in [5.74, 6) is 0.944. The minimum atomic E-state index is -0.464. The highest BCUT2D eigenvalue weighted by Crippen LogP contribution is 2.76. The molecule has 0 unspecified atom stereocenters. The van der Waals surface area contributed by atoms with E-state index in [-0.39, 0.29) is 45.1 Å². The zero-order chi connectivity index (χ0) is 25.8. The third-order valence-corrected chi connectivity index (χ3v) is 13.0. The van der Waals surface area contributed by atoms with E-state index in [1.807, 2.05) is 0 Å². The van der Waals surface area contributed by atoms with E-state index < -0.39 is 11.5 Å². The highest BCUT2D eigenvalue weighted by atomic mass is 16.5. The lowest BCUT2D eigenvalue weighted by Crippen LogP contribution is -2.69. The van der Waals surface area contributed by atoms with E-state index in [9.17, 15) is 15.0 Å². The number of hydrogen-bond donors (Lipinski definition) is 2. The van der Waals surface area contributed by atoms with Crippen molar-refractivity contribution in [2.45, 2.75) is 118 Å². The molecule has 2 N–H and O–H groups in total. The summed E-state index contributed by atoms with van der Waals surface area (Å²) in [6.45, 7) is 16.4. The van der Waals surface area contributed by atoms with Crippen molar-refractivity contribution in [2.24, 2.45) is 50.2 Å². The van der Waals surface area contributed by atoms with Gasteiger partial charge in [-0.25, -0.2) is 0 Å². The Morgan fingerprint density at radius 2 is 1.54 bits per heavy atom. The van der Waals surface area contributed by atoms with Crippen LogP contribution in [0.4, 0.5) is 0 Å². The fourth-order valence-electron chi connectivity index (χ4n) is 11.1. The number of carbonyl (C=O) groups excluding carboxylic acids is 1. The van der Waals surface area contributed by atoms with Crippen LogP contribution in [0.15, 0.2) is 11.6 Å². The van der Waals surface area contributed by atoms with Crippen LogP contribution in [-0.4, -0.2) is 35.5 Å². The molecule has 4 saturated carbocycles. The largest absolute Gasteiger partial charge is 0.468 e. The van der Waals surface area contributed by atoms with E-state index in [0.29, 0.717) is 11.8 Å². The SMILES string of the molecule is COC(=O)[C@]12CCC(C)(C)C=C1[C@H]1CC[C@@H]3[C@@]4(C)CC[C@H](O)C(C)(C)[C@H]4[C@H](O)C[C@@]3(C)[C@]1(C)CC2. The smallest absolute Gasteiger partial charge is 0.315 e. The van der Waals surface area contributed by atoms with Gasteiger partial charge < -0.3 is 14.9 Å². The molecule has 0 aromatic rings. The van der Waals surface area contributed by atoms with Gasteiger partial charge in [0.05, 0.1) is 24.7 Å². The van der Waals surface area contributed by atoms with Gasteiger partial charge >= 0.3 is 5.97 Å². The third-order valence-electron chi connectivity index (χ3n) is 13.0. The molecule has 9 atom stereocenters. The topological polar surface area (TPSA) is 66.8 Å². The van der Waals surface area contributed by atoms with Crippen LogP contribution in [0, 0.1) is 50.2 Å². The van der Waals surface area contributed by atoms with Gasteiger partial charge in [-0.2, -0.15) is 0 Å². The van der Waals surface area contributed by atoms with E-state index in [4.69, 9.17) is 4.74 Å². The van der Waals surface area contributed by atoms with Crippen molar-refractivity contribution in [1.29, 1.82) is 0 Å². The number of aliphatic hydroxyl groups is 2. The molecule has 0 aliphatic heterocycles. The average molecular weight is 487 g/mol. The van der Waals surface area contributed by atoms with E-state index in [0.717, 1.165) is 57.8 Å². The maximum absolute atomic E-state index is 13.3. The van der Waals surface area contributed by atoms with Gasteiger partial charge in [0.25, 0.3) is 0 Å². The Hall–Kier alpha value is -0.870. The maximum atomic E-state index is 13.3. The number of methoxy groups -OCH3 is 1. The Balaban J connectivity index is 1.61.